The predicted octanol–water partition coefficient (Wildman–Crippen LogP) is 5.09. The zero-order valence-electron chi connectivity index (χ0n) is 17.6. The Hall–Kier alpha value is -1.12. The highest BCUT2D eigenvalue weighted by atomic mass is 16.6. The molecule has 152 valence electrons. The van der Waals surface area contributed by atoms with Crippen LogP contribution >= 0.6 is 0 Å². The van der Waals surface area contributed by atoms with Gasteiger partial charge in [-0.25, -0.2) is 0 Å². The molecule has 5 aliphatic carbocycles. The third kappa shape index (κ3) is 1.92. The number of ether oxygens (including phenoxy) is 1. The van der Waals surface area contributed by atoms with Gasteiger partial charge in [-0.3, -0.25) is 9.59 Å². The predicted molar refractivity (Wildman–Crippen MR) is 106 cm³/mol. The quantitative estimate of drug-likeness (QED) is 0.594. The minimum absolute atomic E-state index is 0.0368. The molecule has 9 atom stereocenters. The van der Waals surface area contributed by atoms with Gasteiger partial charge < -0.3 is 4.74 Å². The second kappa shape index (κ2) is 5.32. The highest BCUT2D eigenvalue weighted by Gasteiger charge is 2.73. The summed E-state index contributed by atoms with van der Waals surface area (Å²) in [4.78, 5) is 24.4. The van der Waals surface area contributed by atoms with Crippen molar-refractivity contribution in [2.75, 3.05) is 0 Å². The second-order valence-corrected chi connectivity index (χ2v) is 11.5. The molecule has 6 aliphatic rings. The van der Waals surface area contributed by atoms with Gasteiger partial charge in [-0.15, -0.1) is 0 Å². The average molecular weight is 383 g/mol. The number of hydrogen-bond donors (Lipinski definition) is 0. The number of carbonyl (C=O) groups excluding carboxylic acids is 2. The summed E-state index contributed by atoms with van der Waals surface area (Å²) in [6, 6.07) is 0. The molecule has 6 rings (SSSR count). The summed E-state index contributed by atoms with van der Waals surface area (Å²) >= 11 is 0. The lowest BCUT2D eigenvalue weighted by atomic mass is 9.45. The first-order chi connectivity index (χ1) is 13.3. The maximum Gasteiger partial charge on any atom is 0.306 e. The molecule has 0 N–H and O–H groups in total. The molecule has 0 aromatic rings. The molecule has 0 aromatic heterocycles. The van der Waals surface area contributed by atoms with Gasteiger partial charge in [0.05, 0.1) is 0 Å². The minimum Gasteiger partial charge on any atom is -0.458 e. The second-order valence-electron chi connectivity index (χ2n) is 11.5. The topological polar surface area (TPSA) is 43.4 Å². The summed E-state index contributed by atoms with van der Waals surface area (Å²) in [6.45, 7) is 7.32. The van der Waals surface area contributed by atoms with Crippen molar-refractivity contribution in [3.63, 3.8) is 0 Å². The monoisotopic (exact) mass is 382 g/mol. The number of allylic oxidation sites excluding steroid dienone is 1. The third-order valence-electron chi connectivity index (χ3n) is 10.7. The molecule has 4 saturated carbocycles. The molecule has 5 fully saturated rings. The lowest BCUT2D eigenvalue weighted by Gasteiger charge is -2.59. The summed E-state index contributed by atoms with van der Waals surface area (Å²) < 4.78 is 6.19. The largest absolute Gasteiger partial charge is 0.458 e. The van der Waals surface area contributed by atoms with Gasteiger partial charge in [-0.2, -0.15) is 0 Å². The maximum absolute atomic E-state index is 12.2. The molecule has 1 aliphatic heterocycles. The van der Waals surface area contributed by atoms with Crippen LogP contribution in [-0.4, -0.2) is 17.4 Å². The van der Waals surface area contributed by atoms with E-state index in [0.717, 1.165) is 43.4 Å². The van der Waals surface area contributed by atoms with E-state index >= 15 is 0 Å². The van der Waals surface area contributed by atoms with Gasteiger partial charge in [0.15, 0.2) is 5.78 Å². The fraction of sp³-hybridized carbons (Fsp3) is 0.840. The van der Waals surface area contributed by atoms with Crippen LogP contribution in [0.5, 0.6) is 0 Å². The van der Waals surface area contributed by atoms with Gasteiger partial charge in [0, 0.05) is 18.3 Å². The Bertz CT molecular complexity index is 798. The van der Waals surface area contributed by atoms with Gasteiger partial charge in [-0.05, 0) is 85.5 Å². The van der Waals surface area contributed by atoms with Crippen LogP contribution in [0.2, 0.25) is 0 Å². The molecule has 1 saturated heterocycles. The lowest BCUT2D eigenvalue weighted by molar-refractivity contribution is -0.169. The van der Waals surface area contributed by atoms with Crippen LogP contribution in [-0.2, 0) is 14.3 Å². The van der Waals surface area contributed by atoms with Gasteiger partial charge >= 0.3 is 5.97 Å². The first-order valence-electron chi connectivity index (χ1n) is 11.8. The van der Waals surface area contributed by atoms with Crippen LogP contribution in [0.1, 0.15) is 78.6 Å². The van der Waals surface area contributed by atoms with Crippen molar-refractivity contribution in [2.45, 2.75) is 84.2 Å². The molecular formula is C25H34O3. The number of ketones is 1. The smallest absolute Gasteiger partial charge is 0.306 e. The first-order valence-corrected chi connectivity index (χ1v) is 11.8. The third-order valence-corrected chi connectivity index (χ3v) is 10.7. The highest BCUT2D eigenvalue weighted by Crippen LogP contribution is 2.77. The summed E-state index contributed by atoms with van der Waals surface area (Å²) in [5, 5.41) is 0. The standard InChI is InChI=1S/C25H34O3/c1-4-14-13-25(10-7-20(27)28-25)24(3)9-6-18-21(22(14)24)17-12-16(17)19-11-15(26)5-8-23(18,19)2/h11,14,16-18,21-22H,4-10,12-13H2,1-3H3/t14?,16?,17?,18?,21?,22?,23-,24?,25+/m1/s1. The summed E-state index contributed by atoms with van der Waals surface area (Å²) in [6.07, 6.45) is 11.4. The zero-order valence-corrected chi connectivity index (χ0v) is 17.6. The van der Waals surface area contributed by atoms with E-state index in [4.69, 9.17) is 4.74 Å². The molecule has 0 amide bonds. The molecule has 3 nitrogen and oxygen atoms in total. The van der Waals surface area contributed by atoms with E-state index < -0.39 is 0 Å². The van der Waals surface area contributed by atoms with E-state index in [-0.39, 0.29) is 22.4 Å². The zero-order chi connectivity index (χ0) is 19.5. The molecule has 28 heavy (non-hydrogen) atoms. The molecule has 0 radical (unpaired) electrons. The Labute approximate surface area is 168 Å². The van der Waals surface area contributed by atoms with Crippen molar-refractivity contribution in [3.05, 3.63) is 11.6 Å². The number of rotatable bonds is 1. The molecular weight excluding hydrogens is 348 g/mol. The van der Waals surface area contributed by atoms with Crippen LogP contribution in [0.4, 0.5) is 0 Å². The first kappa shape index (κ1) is 17.7. The summed E-state index contributed by atoms with van der Waals surface area (Å²) in [5.41, 5.74) is 1.71. The van der Waals surface area contributed by atoms with Gasteiger partial charge in [-0.1, -0.05) is 32.8 Å². The Kier molecular flexibility index (Phi) is 3.37. The van der Waals surface area contributed by atoms with Gasteiger partial charge in [0.2, 0.25) is 0 Å². The highest BCUT2D eigenvalue weighted by molar-refractivity contribution is 5.92. The molecule has 1 heterocycles. The minimum atomic E-state index is -0.190. The Morgan fingerprint density at radius 2 is 1.96 bits per heavy atom. The molecule has 0 bridgehead atoms. The maximum atomic E-state index is 12.2. The van der Waals surface area contributed by atoms with Crippen molar-refractivity contribution in [1.82, 2.24) is 0 Å². The van der Waals surface area contributed by atoms with Crippen molar-refractivity contribution >= 4 is 11.8 Å². The van der Waals surface area contributed by atoms with Gasteiger partial charge in [0.25, 0.3) is 0 Å². The Morgan fingerprint density at radius 1 is 1.14 bits per heavy atom. The summed E-state index contributed by atoms with van der Waals surface area (Å²) in [5.74, 6) is 4.70. The van der Waals surface area contributed by atoms with E-state index in [2.05, 4.69) is 26.8 Å². The molecule has 1 spiro atoms. The summed E-state index contributed by atoms with van der Waals surface area (Å²) in [7, 11) is 0. The number of carbonyl (C=O) groups is 2. The molecule has 7 unspecified atom stereocenters. The number of esters is 1. The van der Waals surface area contributed by atoms with Crippen LogP contribution in [0.25, 0.3) is 0 Å². The number of hydrogen-bond acceptors (Lipinski definition) is 3. The van der Waals surface area contributed by atoms with E-state index in [0.29, 0.717) is 30.0 Å². The van der Waals surface area contributed by atoms with Crippen molar-refractivity contribution < 1.29 is 14.3 Å². The van der Waals surface area contributed by atoms with Crippen molar-refractivity contribution in [1.29, 1.82) is 0 Å². The number of fused-ring (bicyclic) bond motifs is 9. The Balaban J connectivity index is 1.44. The van der Waals surface area contributed by atoms with Crippen LogP contribution in [0.3, 0.4) is 0 Å². The molecule has 0 aromatic carbocycles. The lowest BCUT2D eigenvalue weighted by Crippen LogP contribution is -2.56. The average Bonchev–Trinajstić information content (AvgIpc) is 3.31. The normalized spacial score (nSPS) is 56.5. The van der Waals surface area contributed by atoms with E-state index in [9.17, 15) is 9.59 Å². The van der Waals surface area contributed by atoms with Gasteiger partial charge in [0.1, 0.15) is 5.60 Å². The fourth-order valence-electron chi connectivity index (χ4n) is 9.38. The SMILES string of the molecule is CCC1C[C@@]2(CCC(=O)O2)C2(C)CCC3C(C4CC4C4=CC(=O)CC[C@@]43C)C12. The van der Waals surface area contributed by atoms with E-state index in [1.54, 1.807) is 0 Å². The Morgan fingerprint density at radius 3 is 2.68 bits per heavy atom. The van der Waals surface area contributed by atoms with Crippen molar-refractivity contribution in [3.8, 4) is 0 Å². The molecule has 3 heteroatoms. The fourth-order valence-corrected chi connectivity index (χ4v) is 9.38. The van der Waals surface area contributed by atoms with E-state index in [1.807, 2.05) is 0 Å². The van der Waals surface area contributed by atoms with Crippen LogP contribution < -0.4 is 0 Å². The van der Waals surface area contributed by atoms with Crippen molar-refractivity contribution in [2.24, 2.45) is 46.3 Å². The van der Waals surface area contributed by atoms with E-state index in [1.165, 1.54) is 31.3 Å². The van der Waals surface area contributed by atoms with Crippen LogP contribution in [0.15, 0.2) is 11.6 Å². The van der Waals surface area contributed by atoms with Crippen LogP contribution in [0, 0.1) is 46.3 Å².